The lowest BCUT2D eigenvalue weighted by Crippen LogP contribution is -2.30. The maximum absolute atomic E-state index is 11.8. The molecule has 0 saturated heterocycles. The summed E-state index contributed by atoms with van der Waals surface area (Å²) >= 11 is 0. The van der Waals surface area contributed by atoms with E-state index in [1.807, 2.05) is 0 Å². The molecule has 20 heavy (non-hydrogen) atoms. The predicted molar refractivity (Wildman–Crippen MR) is 75.1 cm³/mol. The Labute approximate surface area is 121 Å². The third-order valence-electron chi connectivity index (χ3n) is 2.50. The van der Waals surface area contributed by atoms with Gasteiger partial charge in [-0.2, -0.15) is 0 Å². The van der Waals surface area contributed by atoms with Gasteiger partial charge in [-0.25, -0.2) is 0 Å². The van der Waals surface area contributed by atoms with Crippen LogP contribution in [0.3, 0.4) is 0 Å². The van der Waals surface area contributed by atoms with Crippen LogP contribution >= 0.6 is 0 Å². The Morgan fingerprint density at radius 3 is 1.95 bits per heavy atom. The Kier molecular flexibility index (Phi) is 6.89. The first-order valence-corrected chi connectivity index (χ1v) is 6.88. The molecule has 0 aliphatic heterocycles. The van der Waals surface area contributed by atoms with Gasteiger partial charge in [-0.1, -0.05) is 0 Å². The van der Waals surface area contributed by atoms with Crippen LogP contribution in [0.4, 0.5) is 0 Å². The highest BCUT2D eigenvalue weighted by Crippen LogP contribution is 2.24. The van der Waals surface area contributed by atoms with E-state index in [4.69, 9.17) is 9.47 Å². The Balaban J connectivity index is 4.24. The molecule has 0 spiro atoms. The second-order valence-corrected chi connectivity index (χ2v) is 6.41. The minimum Gasteiger partial charge on any atom is -0.466 e. The molecule has 0 heterocycles. The minimum atomic E-state index is -0.860. The van der Waals surface area contributed by atoms with Crippen molar-refractivity contribution >= 4 is 17.7 Å². The molecule has 0 radical (unpaired) electrons. The van der Waals surface area contributed by atoms with E-state index in [1.165, 1.54) is 0 Å². The van der Waals surface area contributed by atoms with Crippen LogP contribution in [0.5, 0.6) is 0 Å². The fraction of sp³-hybridized carbons (Fsp3) is 0.800. The Morgan fingerprint density at radius 1 is 0.950 bits per heavy atom. The first-order valence-electron chi connectivity index (χ1n) is 6.88. The summed E-state index contributed by atoms with van der Waals surface area (Å²) in [5.74, 6) is -0.945. The van der Waals surface area contributed by atoms with Crippen LogP contribution < -0.4 is 0 Å². The largest absolute Gasteiger partial charge is 0.466 e. The number of hydrogen-bond acceptors (Lipinski definition) is 5. The van der Waals surface area contributed by atoms with Crippen LogP contribution in [0.15, 0.2) is 0 Å². The smallest absolute Gasteiger partial charge is 0.311 e. The molecule has 0 atom stereocenters. The normalized spacial score (nSPS) is 11.9. The zero-order valence-corrected chi connectivity index (χ0v) is 13.4. The molecule has 0 bridgehead atoms. The van der Waals surface area contributed by atoms with Crippen molar-refractivity contribution in [1.29, 1.82) is 0 Å². The van der Waals surface area contributed by atoms with Gasteiger partial charge >= 0.3 is 11.9 Å². The van der Waals surface area contributed by atoms with Gasteiger partial charge in [0.25, 0.3) is 0 Å². The topological polar surface area (TPSA) is 69.7 Å². The van der Waals surface area contributed by atoms with Crippen molar-refractivity contribution in [3.63, 3.8) is 0 Å². The molecule has 116 valence electrons. The molecule has 0 aromatic rings. The van der Waals surface area contributed by atoms with Crippen LogP contribution in [0.1, 0.15) is 60.8 Å². The third kappa shape index (κ3) is 7.92. The lowest BCUT2D eigenvalue weighted by molar-refractivity contribution is -0.156. The van der Waals surface area contributed by atoms with Crippen molar-refractivity contribution < 1.29 is 23.9 Å². The van der Waals surface area contributed by atoms with E-state index in [2.05, 4.69) is 0 Å². The van der Waals surface area contributed by atoms with Crippen molar-refractivity contribution in [1.82, 2.24) is 0 Å². The maximum Gasteiger partial charge on any atom is 0.311 e. The van der Waals surface area contributed by atoms with Crippen LogP contribution in [0.2, 0.25) is 0 Å². The van der Waals surface area contributed by atoms with Gasteiger partial charge in [0, 0.05) is 12.8 Å². The first-order chi connectivity index (χ1) is 8.98. The molecule has 5 heteroatoms. The van der Waals surface area contributed by atoms with Crippen LogP contribution in [-0.4, -0.2) is 29.9 Å². The van der Waals surface area contributed by atoms with E-state index in [0.717, 1.165) is 0 Å². The number of Topliss-reactive ketones (excluding diaryl/α,β-unsaturated/α-hetero) is 1. The summed E-state index contributed by atoms with van der Waals surface area (Å²) in [4.78, 5) is 35.0. The average Bonchev–Trinajstić information content (AvgIpc) is 2.23. The Hall–Kier alpha value is -1.39. The molecule has 0 fully saturated rings. The van der Waals surface area contributed by atoms with Gasteiger partial charge in [-0.15, -0.1) is 0 Å². The number of carbonyl (C=O) groups is 3. The van der Waals surface area contributed by atoms with Gasteiger partial charge in [-0.05, 0) is 41.5 Å². The van der Waals surface area contributed by atoms with Gasteiger partial charge in [0.1, 0.15) is 11.4 Å². The summed E-state index contributed by atoms with van der Waals surface area (Å²) in [5.41, 5.74) is -1.41. The highest BCUT2D eigenvalue weighted by Gasteiger charge is 2.32. The molecule has 5 nitrogen and oxygen atoms in total. The summed E-state index contributed by atoms with van der Waals surface area (Å²) in [6.07, 6.45) is 0.182. The number of ether oxygens (including phenoxy) is 2. The highest BCUT2D eigenvalue weighted by molar-refractivity contribution is 5.88. The number of rotatable bonds is 7. The lowest BCUT2D eigenvalue weighted by atomic mass is 9.86. The highest BCUT2D eigenvalue weighted by atomic mass is 16.6. The number of esters is 2. The van der Waals surface area contributed by atoms with Gasteiger partial charge in [-0.3, -0.25) is 14.4 Å². The average molecular weight is 286 g/mol. The van der Waals surface area contributed by atoms with E-state index in [1.54, 1.807) is 41.5 Å². The van der Waals surface area contributed by atoms with E-state index < -0.39 is 23.0 Å². The third-order valence-corrected chi connectivity index (χ3v) is 2.50. The SMILES string of the molecule is CCOC(=O)C(C)(C)CC(=O)CCC(=O)OC(C)(C)C. The van der Waals surface area contributed by atoms with Gasteiger partial charge in [0.2, 0.25) is 0 Å². The summed E-state index contributed by atoms with van der Waals surface area (Å²) in [6.45, 7) is 10.7. The maximum atomic E-state index is 11.8. The molecular weight excluding hydrogens is 260 g/mol. The monoisotopic (exact) mass is 286 g/mol. The van der Waals surface area contributed by atoms with Crippen LogP contribution in [0.25, 0.3) is 0 Å². The molecule has 0 saturated carbocycles. The van der Waals surface area contributed by atoms with Crippen molar-refractivity contribution in [2.24, 2.45) is 5.41 Å². The molecular formula is C15H26O5. The minimum absolute atomic E-state index is 0.0367. The summed E-state index contributed by atoms with van der Waals surface area (Å²) in [5, 5.41) is 0. The van der Waals surface area contributed by atoms with E-state index >= 15 is 0 Å². The second kappa shape index (κ2) is 7.41. The van der Waals surface area contributed by atoms with E-state index in [0.29, 0.717) is 0 Å². The summed E-state index contributed by atoms with van der Waals surface area (Å²) < 4.78 is 10.0. The van der Waals surface area contributed by atoms with Crippen LogP contribution in [0, 0.1) is 5.41 Å². The van der Waals surface area contributed by atoms with Crippen molar-refractivity contribution in [3.05, 3.63) is 0 Å². The summed E-state index contributed by atoms with van der Waals surface area (Å²) in [6, 6.07) is 0. The Bertz CT molecular complexity index is 363. The number of carbonyl (C=O) groups excluding carboxylic acids is 3. The number of ketones is 1. The lowest BCUT2D eigenvalue weighted by Gasteiger charge is -2.22. The van der Waals surface area contributed by atoms with Crippen molar-refractivity contribution in [2.75, 3.05) is 6.61 Å². The molecule has 0 aromatic carbocycles. The Morgan fingerprint density at radius 2 is 1.50 bits per heavy atom. The van der Waals surface area contributed by atoms with Crippen molar-refractivity contribution in [3.8, 4) is 0 Å². The number of hydrogen-bond donors (Lipinski definition) is 0. The zero-order chi connectivity index (χ0) is 16.0. The van der Waals surface area contributed by atoms with E-state index in [-0.39, 0.29) is 31.7 Å². The zero-order valence-electron chi connectivity index (χ0n) is 13.4. The predicted octanol–water partition coefficient (Wildman–Crippen LogP) is 2.66. The molecule has 0 aromatic heterocycles. The van der Waals surface area contributed by atoms with Gasteiger partial charge in [0.05, 0.1) is 18.4 Å². The molecule has 0 amide bonds. The first kappa shape index (κ1) is 18.6. The molecule has 0 rings (SSSR count). The molecule has 0 aliphatic rings. The van der Waals surface area contributed by atoms with E-state index in [9.17, 15) is 14.4 Å². The fourth-order valence-corrected chi connectivity index (χ4v) is 1.61. The van der Waals surface area contributed by atoms with Crippen molar-refractivity contribution in [2.45, 2.75) is 66.4 Å². The summed E-state index contributed by atoms with van der Waals surface area (Å²) in [7, 11) is 0. The quantitative estimate of drug-likeness (QED) is 0.673. The van der Waals surface area contributed by atoms with Gasteiger partial charge < -0.3 is 9.47 Å². The molecule has 0 N–H and O–H groups in total. The molecule has 0 unspecified atom stereocenters. The van der Waals surface area contributed by atoms with Gasteiger partial charge in [0.15, 0.2) is 0 Å². The molecule has 0 aliphatic carbocycles. The van der Waals surface area contributed by atoms with Crippen LogP contribution in [-0.2, 0) is 23.9 Å². The fourth-order valence-electron chi connectivity index (χ4n) is 1.61. The second-order valence-electron chi connectivity index (χ2n) is 6.41. The standard InChI is InChI=1S/C15H26O5/c1-7-19-13(18)15(5,6)10-11(16)8-9-12(17)20-14(2,3)4/h7-10H2,1-6H3.